The molecule has 4 atom stereocenters. The lowest BCUT2D eigenvalue weighted by atomic mass is 10.0. The fourth-order valence-electron chi connectivity index (χ4n) is 3.24. The Morgan fingerprint density at radius 2 is 1.95 bits per heavy atom. The minimum Gasteiger partial charge on any atom is -0.376 e. The van der Waals surface area contributed by atoms with Gasteiger partial charge in [-0.05, 0) is 22.4 Å². The second kappa shape index (κ2) is 5.97. The summed E-state index contributed by atoms with van der Waals surface area (Å²) in [5.74, 6) is 0. The Labute approximate surface area is 129 Å². The second-order valence-corrected chi connectivity index (χ2v) is 5.92. The van der Waals surface area contributed by atoms with Crippen LogP contribution in [0.2, 0.25) is 0 Å². The number of fused-ring (bicyclic) bond motifs is 3. The van der Waals surface area contributed by atoms with E-state index in [2.05, 4.69) is 42.5 Å². The van der Waals surface area contributed by atoms with Crippen molar-refractivity contribution in [3.05, 3.63) is 48.0 Å². The lowest BCUT2D eigenvalue weighted by molar-refractivity contribution is -0.200. The molecule has 2 fully saturated rings. The van der Waals surface area contributed by atoms with Crippen molar-refractivity contribution in [2.45, 2.75) is 37.6 Å². The van der Waals surface area contributed by atoms with Gasteiger partial charge in [-0.1, -0.05) is 36.4 Å². The van der Waals surface area contributed by atoms with Crippen LogP contribution >= 0.6 is 0 Å². The molecule has 0 N–H and O–H groups in total. The first kappa shape index (κ1) is 14.2. The quantitative estimate of drug-likeness (QED) is 0.870. The highest BCUT2D eigenvalue weighted by Gasteiger charge is 2.44. The van der Waals surface area contributed by atoms with E-state index in [0.29, 0.717) is 13.2 Å². The van der Waals surface area contributed by atoms with Gasteiger partial charge < -0.3 is 18.9 Å². The van der Waals surface area contributed by atoms with Crippen LogP contribution in [0.15, 0.2) is 42.5 Å². The van der Waals surface area contributed by atoms with Gasteiger partial charge >= 0.3 is 0 Å². The molecule has 2 aliphatic rings. The summed E-state index contributed by atoms with van der Waals surface area (Å²) in [5, 5.41) is 2.49. The van der Waals surface area contributed by atoms with Crippen molar-refractivity contribution in [2.75, 3.05) is 13.7 Å². The largest absolute Gasteiger partial charge is 0.376 e. The molecule has 2 aliphatic heterocycles. The van der Waals surface area contributed by atoms with Gasteiger partial charge in [0.15, 0.2) is 6.29 Å². The van der Waals surface area contributed by atoms with Crippen molar-refractivity contribution in [2.24, 2.45) is 0 Å². The van der Waals surface area contributed by atoms with Crippen molar-refractivity contribution >= 4 is 10.8 Å². The minimum absolute atomic E-state index is 0.0233. The summed E-state index contributed by atoms with van der Waals surface area (Å²) in [4.78, 5) is 0. The highest BCUT2D eigenvalue weighted by Crippen LogP contribution is 2.31. The van der Waals surface area contributed by atoms with E-state index in [1.807, 2.05) is 0 Å². The van der Waals surface area contributed by atoms with E-state index in [-0.39, 0.29) is 24.6 Å². The molecule has 4 nitrogen and oxygen atoms in total. The topological polar surface area (TPSA) is 36.9 Å². The molecule has 4 heteroatoms. The van der Waals surface area contributed by atoms with Gasteiger partial charge in [-0.25, -0.2) is 0 Å². The molecule has 2 saturated heterocycles. The Morgan fingerprint density at radius 3 is 2.82 bits per heavy atom. The second-order valence-electron chi connectivity index (χ2n) is 5.92. The zero-order chi connectivity index (χ0) is 14.9. The zero-order valence-electron chi connectivity index (χ0n) is 12.6. The summed E-state index contributed by atoms with van der Waals surface area (Å²) < 4.78 is 22.9. The first-order valence-electron chi connectivity index (χ1n) is 7.72. The SMILES string of the molecule is CO[C@@H]1C[C@H](OCc2ccc3ccccc3c2)[C@H]2CO[C@@H]1O2. The van der Waals surface area contributed by atoms with Crippen molar-refractivity contribution < 1.29 is 18.9 Å². The monoisotopic (exact) mass is 300 g/mol. The molecule has 2 bridgehead atoms. The molecule has 22 heavy (non-hydrogen) atoms. The van der Waals surface area contributed by atoms with Crippen LogP contribution in [0.4, 0.5) is 0 Å². The summed E-state index contributed by atoms with van der Waals surface area (Å²) in [6, 6.07) is 14.8. The van der Waals surface area contributed by atoms with E-state index >= 15 is 0 Å². The van der Waals surface area contributed by atoms with Gasteiger partial charge in [0, 0.05) is 13.5 Å². The van der Waals surface area contributed by atoms with Crippen LogP contribution in [0.25, 0.3) is 10.8 Å². The fraction of sp³-hybridized carbons (Fsp3) is 0.444. The highest BCUT2D eigenvalue weighted by atomic mass is 16.7. The molecule has 2 aromatic carbocycles. The summed E-state index contributed by atoms with van der Waals surface area (Å²) in [6.07, 6.45) is 0.599. The standard InChI is InChI=1S/C18H20O4/c1-19-16-9-15(17-11-21-18(16)22-17)20-10-12-6-7-13-4-2-3-5-14(13)8-12/h2-8,15-18H,9-11H2,1H3/t15-,16+,17+,18+/m0/s1. The van der Waals surface area contributed by atoms with Gasteiger partial charge in [0.2, 0.25) is 0 Å². The summed E-state index contributed by atoms with van der Waals surface area (Å²) in [7, 11) is 1.69. The first-order valence-corrected chi connectivity index (χ1v) is 7.72. The Balaban J connectivity index is 1.44. The molecule has 2 heterocycles. The lowest BCUT2D eigenvalue weighted by Crippen LogP contribution is -2.44. The van der Waals surface area contributed by atoms with E-state index < -0.39 is 0 Å². The fourth-order valence-corrected chi connectivity index (χ4v) is 3.24. The molecule has 0 aromatic heterocycles. The zero-order valence-corrected chi connectivity index (χ0v) is 12.6. The molecule has 2 aromatic rings. The molecule has 0 aliphatic carbocycles. The summed E-state index contributed by atoms with van der Waals surface area (Å²) in [5.41, 5.74) is 1.17. The van der Waals surface area contributed by atoms with E-state index in [0.717, 1.165) is 6.42 Å². The Kier molecular flexibility index (Phi) is 3.84. The van der Waals surface area contributed by atoms with Gasteiger partial charge in [-0.3, -0.25) is 0 Å². The first-order chi connectivity index (χ1) is 10.8. The molecular formula is C18H20O4. The molecule has 116 valence electrons. The van der Waals surface area contributed by atoms with Gasteiger partial charge in [0.1, 0.15) is 12.2 Å². The number of ether oxygens (including phenoxy) is 4. The smallest absolute Gasteiger partial charge is 0.184 e. The third-order valence-electron chi connectivity index (χ3n) is 4.50. The van der Waals surface area contributed by atoms with Crippen LogP contribution in [0.5, 0.6) is 0 Å². The molecule has 0 saturated carbocycles. The highest BCUT2D eigenvalue weighted by molar-refractivity contribution is 5.82. The maximum atomic E-state index is 6.10. The minimum atomic E-state index is -0.226. The number of methoxy groups -OCH3 is 1. The average molecular weight is 300 g/mol. The van der Waals surface area contributed by atoms with Crippen LogP contribution in [0.3, 0.4) is 0 Å². The molecular weight excluding hydrogens is 280 g/mol. The van der Waals surface area contributed by atoms with Gasteiger partial charge in [-0.2, -0.15) is 0 Å². The number of benzene rings is 2. The van der Waals surface area contributed by atoms with E-state index in [9.17, 15) is 0 Å². The van der Waals surface area contributed by atoms with Crippen LogP contribution < -0.4 is 0 Å². The Morgan fingerprint density at radius 1 is 1.09 bits per heavy atom. The maximum Gasteiger partial charge on any atom is 0.184 e. The van der Waals surface area contributed by atoms with E-state index in [4.69, 9.17) is 18.9 Å². The predicted octanol–water partition coefficient (Wildman–Crippen LogP) is 2.89. The van der Waals surface area contributed by atoms with Crippen molar-refractivity contribution in [1.82, 2.24) is 0 Å². The number of hydrogen-bond donors (Lipinski definition) is 0. The van der Waals surface area contributed by atoms with Crippen LogP contribution in [-0.2, 0) is 25.6 Å². The van der Waals surface area contributed by atoms with Crippen LogP contribution in [0, 0.1) is 0 Å². The lowest BCUT2D eigenvalue weighted by Gasteiger charge is -2.32. The molecule has 0 spiro atoms. The predicted molar refractivity (Wildman–Crippen MR) is 82.6 cm³/mol. The van der Waals surface area contributed by atoms with Gasteiger partial charge in [0.05, 0.1) is 19.3 Å². The van der Waals surface area contributed by atoms with Crippen molar-refractivity contribution in [1.29, 1.82) is 0 Å². The van der Waals surface area contributed by atoms with Crippen molar-refractivity contribution in [3.8, 4) is 0 Å². The summed E-state index contributed by atoms with van der Waals surface area (Å²) >= 11 is 0. The average Bonchev–Trinajstić information content (AvgIpc) is 2.99. The molecule has 0 radical (unpaired) electrons. The van der Waals surface area contributed by atoms with Crippen LogP contribution in [0.1, 0.15) is 12.0 Å². The van der Waals surface area contributed by atoms with E-state index in [1.165, 1.54) is 16.3 Å². The maximum absolute atomic E-state index is 6.10. The molecule has 0 amide bonds. The van der Waals surface area contributed by atoms with Gasteiger partial charge in [-0.15, -0.1) is 0 Å². The Bertz CT molecular complexity index is 656. The number of rotatable bonds is 4. The summed E-state index contributed by atoms with van der Waals surface area (Å²) in [6.45, 7) is 1.17. The normalized spacial score (nSPS) is 30.8. The molecule has 0 unspecified atom stereocenters. The number of hydrogen-bond acceptors (Lipinski definition) is 4. The molecule has 4 rings (SSSR count). The third-order valence-corrected chi connectivity index (χ3v) is 4.50. The van der Waals surface area contributed by atoms with Gasteiger partial charge in [0.25, 0.3) is 0 Å². The van der Waals surface area contributed by atoms with Crippen LogP contribution in [-0.4, -0.2) is 38.3 Å². The van der Waals surface area contributed by atoms with E-state index in [1.54, 1.807) is 7.11 Å². The van der Waals surface area contributed by atoms with Crippen molar-refractivity contribution in [3.63, 3.8) is 0 Å². The third kappa shape index (κ3) is 2.63. The Hall–Kier alpha value is -1.46.